The molecule has 3 rings (SSSR count). The second kappa shape index (κ2) is 9.03. The summed E-state index contributed by atoms with van der Waals surface area (Å²) in [6, 6.07) is 13.7. The van der Waals surface area contributed by atoms with Gasteiger partial charge in [0.15, 0.2) is 9.84 Å². The highest BCUT2D eigenvalue weighted by Gasteiger charge is 2.26. The number of ether oxygens (including phenoxy) is 1. The first-order valence-electron chi connectivity index (χ1n) is 9.80. The number of carbonyl (C=O) groups is 1. The molecule has 6 nitrogen and oxygen atoms in total. The quantitative estimate of drug-likeness (QED) is 0.561. The second-order valence-electron chi connectivity index (χ2n) is 7.15. The maximum atomic E-state index is 13.5. The molecule has 1 atom stereocenters. The van der Waals surface area contributed by atoms with Crippen LogP contribution in [0.3, 0.4) is 0 Å². The number of benzene rings is 2. The van der Waals surface area contributed by atoms with E-state index in [4.69, 9.17) is 4.74 Å². The molecule has 0 amide bonds. The molecule has 164 valence electrons. The second-order valence-corrected chi connectivity index (χ2v) is 9.17. The summed E-state index contributed by atoms with van der Waals surface area (Å²) < 4.78 is 44.3. The van der Waals surface area contributed by atoms with E-state index >= 15 is 0 Å². The van der Waals surface area contributed by atoms with Crippen molar-refractivity contribution in [1.82, 2.24) is 9.88 Å². The molecule has 0 saturated carbocycles. The fraction of sp³-hybridized carbons (Fsp3) is 0.261. The van der Waals surface area contributed by atoms with Gasteiger partial charge in [-0.05, 0) is 68.9 Å². The topological polar surface area (TPSA) is 77.4 Å². The van der Waals surface area contributed by atoms with Gasteiger partial charge in [-0.2, -0.15) is 0 Å². The summed E-state index contributed by atoms with van der Waals surface area (Å²) in [5.41, 5.74) is 3.70. The van der Waals surface area contributed by atoms with Crippen LogP contribution in [0.25, 0.3) is 16.9 Å². The lowest BCUT2D eigenvalue weighted by molar-refractivity contribution is -0.145. The van der Waals surface area contributed by atoms with Crippen molar-refractivity contribution in [2.45, 2.75) is 24.8 Å². The monoisotopic (exact) mass is 444 g/mol. The van der Waals surface area contributed by atoms with Crippen LogP contribution < -0.4 is 5.32 Å². The highest BCUT2D eigenvalue weighted by atomic mass is 32.2. The number of likely N-dealkylation sites (N-methyl/N-ethyl adjacent to an activating group) is 1. The molecule has 0 bridgehead atoms. The lowest BCUT2D eigenvalue weighted by atomic mass is 10.1. The maximum Gasteiger partial charge on any atom is 0.327 e. The Balaban J connectivity index is 2.21. The van der Waals surface area contributed by atoms with Gasteiger partial charge < -0.3 is 14.6 Å². The SMILES string of the molecule is CCOC(=O)C(NC)c1cc(-c2ccc(S(C)(=O)=O)cc2)n(-c2ccc(F)cc2)c1C. The van der Waals surface area contributed by atoms with Gasteiger partial charge in [-0.3, -0.25) is 0 Å². The van der Waals surface area contributed by atoms with Crippen LogP contribution in [0.4, 0.5) is 4.39 Å². The minimum absolute atomic E-state index is 0.215. The summed E-state index contributed by atoms with van der Waals surface area (Å²) in [7, 11) is -1.65. The number of nitrogens with zero attached hydrogens (tertiary/aromatic N) is 1. The molecule has 1 unspecified atom stereocenters. The number of halogens is 1. The van der Waals surface area contributed by atoms with Crippen LogP contribution in [0, 0.1) is 12.7 Å². The summed E-state index contributed by atoms with van der Waals surface area (Å²) in [6.07, 6.45) is 1.16. The van der Waals surface area contributed by atoms with E-state index < -0.39 is 21.8 Å². The van der Waals surface area contributed by atoms with Gasteiger partial charge in [0, 0.05) is 23.2 Å². The van der Waals surface area contributed by atoms with Crippen molar-refractivity contribution in [3.05, 3.63) is 71.7 Å². The number of rotatable bonds is 7. The average molecular weight is 445 g/mol. The maximum absolute atomic E-state index is 13.5. The molecule has 8 heteroatoms. The van der Waals surface area contributed by atoms with Gasteiger partial charge in [0.1, 0.15) is 11.9 Å². The third-order valence-electron chi connectivity index (χ3n) is 5.07. The van der Waals surface area contributed by atoms with Crippen LogP contribution in [0.5, 0.6) is 0 Å². The Morgan fingerprint density at radius 1 is 1.13 bits per heavy atom. The van der Waals surface area contributed by atoms with Crippen molar-refractivity contribution in [3.63, 3.8) is 0 Å². The van der Waals surface area contributed by atoms with Crippen molar-refractivity contribution in [1.29, 1.82) is 0 Å². The minimum atomic E-state index is -3.33. The van der Waals surface area contributed by atoms with E-state index in [1.807, 2.05) is 17.6 Å². The molecule has 1 aromatic heterocycles. The van der Waals surface area contributed by atoms with E-state index in [-0.39, 0.29) is 17.3 Å². The Morgan fingerprint density at radius 3 is 2.26 bits per heavy atom. The Morgan fingerprint density at radius 2 is 1.74 bits per heavy atom. The number of nitrogens with one attached hydrogen (secondary N) is 1. The van der Waals surface area contributed by atoms with Crippen LogP contribution in [0.2, 0.25) is 0 Å². The minimum Gasteiger partial charge on any atom is -0.465 e. The highest BCUT2D eigenvalue weighted by molar-refractivity contribution is 7.90. The van der Waals surface area contributed by atoms with Crippen LogP contribution in [0.15, 0.2) is 59.5 Å². The van der Waals surface area contributed by atoms with Crippen molar-refractivity contribution < 1.29 is 22.3 Å². The molecule has 3 aromatic rings. The predicted octanol–water partition coefficient (Wildman–Crippen LogP) is 3.82. The molecule has 31 heavy (non-hydrogen) atoms. The Hall–Kier alpha value is -2.97. The fourth-order valence-electron chi connectivity index (χ4n) is 3.55. The van der Waals surface area contributed by atoms with Gasteiger partial charge in [0.05, 0.1) is 17.2 Å². The van der Waals surface area contributed by atoms with Crippen LogP contribution in [-0.4, -0.2) is 38.9 Å². The normalized spacial score (nSPS) is 12.5. The Labute approximate surface area is 181 Å². The molecular weight excluding hydrogens is 419 g/mol. The van der Waals surface area contributed by atoms with Crippen molar-refractivity contribution in [2.24, 2.45) is 0 Å². The smallest absolute Gasteiger partial charge is 0.327 e. The highest BCUT2D eigenvalue weighted by Crippen LogP contribution is 2.33. The van der Waals surface area contributed by atoms with Gasteiger partial charge in [-0.1, -0.05) is 12.1 Å². The number of aromatic nitrogens is 1. The van der Waals surface area contributed by atoms with Crippen molar-refractivity contribution in [2.75, 3.05) is 19.9 Å². The summed E-state index contributed by atoms with van der Waals surface area (Å²) >= 11 is 0. The zero-order chi connectivity index (χ0) is 22.8. The predicted molar refractivity (Wildman–Crippen MR) is 117 cm³/mol. The number of hydrogen-bond donors (Lipinski definition) is 1. The lowest BCUT2D eigenvalue weighted by Gasteiger charge is -2.16. The van der Waals surface area contributed by atoms with Gasteiger partial charge in [-0.15, -0.1) is 0 Å². The zero-order valence-electron chi connectivity index (χ0n) is 17.8. The molecule has 1 N–H and O–H groups in total. The molecule has 0 aliphatic rings. The van der Waals surface area contributed by atoms with Gasteiger partial charge >= 0.3 is 5.97 Å². The Bertz CT molecular complexity index is 1180. The summed E-state index contributed by atoms with van der Waals surface area (Å²) in [4.78, 5) is 12.7. The standard InChI is InChI=1S/C23H25FN2O4S/c1-5-30-23(27)22(25-3)20-14-21(16-6-12-19(13-7-16)31(4,28)29)26(15(20)2)18-10-8-17(24)9-11-18/h6-14,22,25H,5H2,1-4H3. The third kappa shape index (κ3) is 4.70. The molecule has 0 aliphatic carbocycles. The van der Waals surface area contributed by atoms with E-state index in [2.05, 4.69) is 5.32 Å². The first-order chi connectivity index (χ1) is 14.7. The van der Waals surface area contributed by atoms with Crippen molar-refractivity contribution in [3.8, 4) is 16.9 Å². The first-order valence-corrected chi connectivity index (χ1v) is 11.7. The van der Waals surface area contributed by atoms with E-state index in [1.165, 1.54) is 12.1 Å². The first kappa shape index (κ1) is 22.7. The van der Waals surface area contributed by atoms with Crippen LogP contribution in [-0.2, 0) is 19.4 Å². The van der Waals surface area contributed by atoms with Crippen LogP contribution >= 0.6 is 0 Å². The molecular formula is C23H25FN2O4S. The lowest BCUT2D eigenvalue weighted by Crippen LogP contribution is -2.27. The number of esters is 1. The molecule has 1 heterocycles. The molecule has 0 fully saturated rings. The van der Waals surface area contributed by atoms with E-state index in [1.54, 1.807) is 50.4 Å². The Kier molecular flexibility index (Phi) is 6.62. The van der Waals surface area contributed by atoms with Crippen LogP contribution in [0.1, 0.15) is 24.2 Å². The molecule has 0 saturated heterocycles. The number of carbonyl (C=O) groups excluding carboxylic acids is 1. The molecule has 2 aromatic carbocycles. The van der Waals surface area contributed by atoms with Gasteiger partial charge in [0.2, 0.25) is 0 Å². The fourth-order valence-corrected chi connectivity index (χ4v) is 4.18. The van der Waals surface area contributed by atoms with E-state index in [9.17, 15) is 17.6 Å². The summed E-state index contributed by atoms with van der Waals surface area (Å²) in [5, 5.41) is 3.00. The average Bonchev–Trinajstić information content (AvgIpc) is 3.06. The summed E-state index contributed by atoms with van der Waals surface area (Å²) in [5.74, 6) is -0.754. The van der Waals surface area contributed by atoms with Gasteiger partial charge in [0.25, 0.3) is 0 Å². The molecule has 0 aliphatic heterocycles. The molecule has 0 spiro atoms. The van der Waals surface area contributed by atoms with E-state index in [0.29, 0.717) is 11.3 Å². The van der Waals surface area contributed by atoms with E-state index in [0.717, 1.165) is 23.2 Å². The largest absolute Gasteiger partial charge is 0.465 e. The molecule has 0 radical (unpaired) electrons. The summed E-state index contributed by atoms with van der Waals surface area (Å²) in [6.45, 7) is 3.88. The zero-order valence-corrected chi connectivity index (χ0v) is 18.7. The number of hydrogen-bond acceptors (Lipinski definition) is 5. The number of sulfone groups is 1. The van der Waals surface area contributed by atoms with Crippen molar-refractivity contribution >= 4 is 15.8 Å². The van der Waals surface area contributed by atoms with Gasteiger partial charge in [-0.25, -0.2) is 17.6 Å². The third-order valence-corrected chi connectivity index (χ3v) is 6.20.